The second-order valence-electron chi connectivity index (χ2n) is 5.40. The number of nitrogens with two attached hydrogens (primary N) is 1. The van der Waals surface area contributed by atoms with E-state index in [9.17, 15) is 4.79 Å². The maximum absolute atomic E-state index is 12.7. The molecule has 0 atom stereocenters. The molecule has 21 heavy (non-hydrogen) atoms. The van der Waals surface area contributed by atoms with Crippen LogP contribution in [0.25, 0.3) is 0 Å². The number of amides is 1. The fourth-order valence-electron chi connectivity index (χ4n) is 2.29. The molecule has 0 radical (unpaired) electrons. The second kappa shape index (κ2) is 7.80. The first-order chi connectivity index (χ1) is 10.0. The molecule has 4 nitrogen and oxygen atoms in total. The van der Waals surface area contributed by atoms with Gasteiger partial charge in [0.2, 0.25) is 5.91 Å². The highest BCUT2D eigenvalue weighted by atomic mass is 16.2. The van der Waals surface area contributed by atoms with E-state index in [0.29, 0.717) is 31.5 Å². The summed E-state index contributed by atoms with van der Waals surface area (Å²) < 4.78 is 0. The van der Waals surface area contributed by atoms with E-state index in [0.717, 1.165) is 12.0 Å². The van der Waals surface area contributed by atoms with Crippen molar-refractivity contribution in [3.8, 4) is 6.07 Å². The van der Waals surface area contributed by atoms with Crippen molar-refractivity contribution >= 4 is 5.91 Å². The zero-order valence-electron chi connectivity index (χ0n) is 13.2. The molecule has 0 unspecified atom stereocenters. The second-order valence-corrected chi connectivity index (χ2v) is 5.40. The van der Waals surface area contributed by atoms with E-state index in [2.05, 4.69) is 13.0 Å². The number of rotatable bonds is 7. The zero-order valence-corrected chi connectivity index (χ0v) is 13.2. The van der Waals surface area contributed by atoms with Gasteiger partial charge in [-0.25, -0.2) is 0 Å². The minimum absolute atomic E-state index is 0.0127. The summed E-state index contributed by atoms with van der Waals surface area (Å²) in [6, 6.07) is 9.44. The number of nitriles is 1. The van der Waals surface area contributed by atoms with Gasteiger partial charge in [0.05, 0.1) is 17.2 Å². The van der Waals surface area contributed by atoms with Crippen molar-refractivity contribution in [3.05, 3.63) is 35.4 Å². The number of carbonyl (C=O) groups is 1. The van der Waals surface area contributed by atoms with Gasteiger partial charge in [-0.2, -0.15) is 5.26 Å². The molecule has 0 heterocycles. The minimum atomic E-state index is -0.776. The molecule has 0 aliphatic rings. The van der Waals surface area contributed by atoms with Gasteiger partial charge in [-0.15, -0.1) is 0 Å². The van der Waals surface area contributed by atoms with E-state index < -0.39 is 5.54 Å². The summed E-state index contributed by atoms with van der Waals surface area (Å²) in [5, 5.41) is 8.82. The Balaban J connectivity index is 2.91. The number of nitrogens with zero attached hydrogens (tertiary/aromatic N) is 2. The maximum atomic E-state index is 12.7. The van der Waals surface area contributed by atoms with Crippen molar-refractivity contribution in [1.82, 2.24) is 4.90 Å². The highest BCUT2D eigenvalue weighted by Gasteiger charge is 2.33. The van der Waals surface area contributed by atoms with E-state index in [4.69, 9.17) is 11.0 Å². The van der Waals surface area contributed by atoms with Crippen LogP contribution >= 0.6 is 0 Å². The van der Waals surface area contributed by atoms with Crippen LogP contribution in [0, 0.1) is 11.3 Å². The SMILES string of the molecule is CCCN(Cc1ccc(C#N)cc1)C(=O)C(N)(CC)CC. The van der Waals surface area contributed by atoms with Crippen LogP contribution in [0.5, 0.6) is 0 Å². The molecule has 0 spiro atoms. The Morgan fingerprint density at radius 3 is 2.24 bits per heavy atom. The highest BCUT2D eigenvalue weighted by Crippen LogP contribution is 2.18. The molecule has 0 aliphatic heterocycles. The van der Waals surface area contributed by atoms with Gasteiger partial charge in [0.15, 0.2) is 0 Å². The van der Waals surface area contributed by atoms with Gasteiger partial charge in [0, 0.05) is 13.1 Å². The Labute approximate surface area is 127 Å². The van der Waals surface area contributed by atoms with Gasteiger partial charge in [-0.3, -0.25) is 4.79 Å². The average Bonchev–Trinajstić information content (AvgIpc) is 2.53. The lowest BCUT2D eigenvalue weighted by molar-refractivity contribution is -0.138. The minimum Gasteiger partial charge on any atom is -0.337 e. The van der Waals surface area contributed by atoms with Crippen LogP contribution in [0.4, 0.5) is 0 Å². The van der Waals surface area contributed by atoms with Crippen LogP contribution in [-0.4, -0.2) is 22.9 Å². The lowest BCUT2D eigenvalue weighted by Crippen LogP contribution is -2.54. The Hall–Kier alpha value is -1.86. The highest BCUT2D eigenvalue weighted by molar-refractivity contribution is 5.86. The topological polar surface area (TPSA) is 70.1 Å². The molecule has 0 saturated heterocycles. The van der Waals surface area contributed by atoms with Crippen LogP contribution in [0.3, 0.4) is 0 Å². The lowest BCUT2D eigenvalue weighted by atomic mass is 9.92. The molecular weight excluding hydrogens is 262 g/mol. The normalized spacial score (nSPS) is 11.0. The van der Waals surface area contributed by atoms with E-state index >= 15 is 0 Å². The predicted molar refractivity (Wildman–Crippen MR) is 84.4 cm³/mol. The molecule has 1 rings (SSSR count). The average molecular weight is 287 g/mol. The fraction of sp³-hybridized carbons (Fsp3) is 0.529. The summed E-state index contributed by atoms with van der Waals surface area (Å²) in [6.45, 7) is 7.19. The molecule has 0 bridgehead atoms. The third-order valence-corrected chi connectivity index (χ3v) is 3.92. The van der Waals surface area contributed by atoms with E-state index in [1.165, 1.54) is 0 Å². The zero-order chi connectivity index (χ0) is 15.9. The number of carbonyl (C=O) groups excluding carboxylic acids is 1. The van der Waals surface area contributed by atoms with Crippen LogP contribution in [-0.2, 0) is 11.3 Å². The quantitative estimate of drug-likeness (QED) is 0.838. The van der Waals surface area contributed by atoms with Crippen LogP contribution < -0.4 is 5.73 Å². The predicted octanol–water partition coefficient (Wildman–Crippen LogP) is 2.81. The fourth-order valence-corrected chi connectivity index (χ4v) is 2.29. The van der Waals surface area contributed by atoms with Crippen molar-refractivity contribution in [3.63, 3.8) is 0 Å². The van der Waals surface area contributed by atoms with Crippen LogP contribution in [0.2, 0.25) is 0 Å². The largest absolute Gasteiger partial charge is 0.337 e. The summed E-state index contributed by atoms with van der Waals surface area (Å²) in [5.41, 5.74) is 7.11. The number of benzene rings is 1. The van der Waals surface area contributed by atoms with Crippen molar-refractivity contribution in [2.24, 2.45) is 5.73 Å². The lowest BCUT2D eigenvalue weighted by Gasteiger charge is -2.33. The van der Waals surface area contributed by atoms with Gasteiger partial charge < -0.3 is 10.6 Å². The first kappa shape index (κ1) is 17.2. The molecule has 1 aromatic carbocycles. The van der Waals surface area contributed by atoms with Gasteiger partial charge >= 0.3 is 0 Å². The smallest absolute Gasteiger partial charge is 0.242 e. The Morgan fingerprint density at radius 1 is 1.24 bits per heavy atom. The first-order valence-electron chi connectivity index (χ1n) is 7.58. The molecular formula is C17H25N3O. The molecule has 4 heteroatoms. The summed E-state index contributed by atoms with van der Waals surface area (Å²) in [5.74, 6) is 0.0127. The first-order valence-corrected chi connectivity index (χ1v) is 7.58. The third-order valence-electron chi connectivity index (χ3n) is 3.92. The molecule has 1 amide bonds. The summed E-state index contributed by atoms with van der Waals surface area (Å²) in [4.78, 5) is 14.5. The summed E-state index contributed by atoms with van der Waals surface area (Å²) in [7, 11) is 0. The van der Waals surface area contributed by atoms with Gasteiger partial charge in [-0.1, -0.05) is 32.9 Å². The molecule has 1 aromatic rings. The van der Waals surface area contributed by atoms with E-state index in [1.807, 2.05) is 30.9 Å². The molecule has 0 aromatic heterocycles. The van der Waals surface area contributed by atoms with Crippen LogP contribution in [0.15, 0.2) is 24.3 Å². The van der Waals surface area contributed by atoms with Crippen molar-refractivity contribution < 1.29 is 4.79 Å². The van der Waals surface area contributed by atoms with E-state index in [1.54, 1.807) is 12.1 Å². The standard InChI is InChI=1S/C17H25N3O/c1-4-11-20(16(21)17(19,5-2)6-3)13-15-9-7-14(12-18)8-10-15/h7-10H,4-6,11,13,19H2,1-3H3. The van der Waals surface area contributed by atoms with Gasteiger partial charge in [-0.05, 0) is 37.0 Å². The van der Waals surface area contributed by atoms with Crippen molar-refractivity contribution in [2.45, 2.75) is 52.1 Å². The monoisotopic (exact) mass is 287 g/mol. The van der Waals surface area contributed by atoms with E-state index in [-0.39, 0.29) is 5.91 Å². The third kappa shape index (κ3) is 4.30. The Bertz CT molecular complexity index is 498. The van der Waals surface area contributed by atoms with Crippen LogP contribution in [0.1, 0.15) is 51.2 Å². The molecule has 0 saturated carbocycles. The summed E-state index contributed by atoms with van der Waals surface area (Å²) in [6.07, 6.45) is 2.16. The Morgan fingerprint density at radius 2 is 1.81 bits per heavy atom. The van der Waals surface area contributed by atoms with Crippen molar-refractivity contribution in [2.75, 3.05) is 6.54 Å². The Kier molecular flexibility index (Phi) is 6.39. The molecule has 0 aliphatic carbocycles. The van der Waals surface area contributed by atoms with Gasteiger partial charge in [0.1, 0.15) is 0 Å². The summed E-state index contributed by atoms with van der Waals surface area (Å²) >= 11 is 0. The molecule has 114 valence electrons. The van der Waals surface area contributed by atoms with Crippen molar-refractivity contribution in [1.29, 1.82) is 5.26 Å². The van der Waals surface area contributed by atoms with Gasteiger partial charge in [0.25, 0.3) is 0 Å². The maximum Gasteiger partial charge on any atom is 0.242 e. The number of hydrogen-bond acceptors (Lipinski definition) is 3. The molecule has 2 N–H and O–H groups in total. The molecule has 0 fully saturated rings. The number of hydrogen-bond donors (Lipinski definition) is 1.